The molecule has 0 saturated heterocycles. The molecule has 174 valence electrons. The van der Waals surface area contributed by atoms with Gasteiger partial charge in [0.15, 0.2) is 10.9 Å². The maximum absolute atomic E-state index is 12.7. The quantitative estimate of drug-likeness (QED) is 0.209. The predicted octanol–water partition coefficient (Wildman–Crippen LogP) is 6.87. The third kappa shape index (κ3) is 5.26. The fraction of sp³-hybridized carbons (Fsp3) is 0.125. The van der Waals surface area contributed by atoms with E-state index in [0.29, 0.717) is 33.0 Å². The number of hydrogen-bond acceptors (Lipinski definition) is 5. The number of aromatic nitrogens is 2. The van der Waals surface area contributed by atoms with E-state index in [1.165, 1.54) is 18.4 Å². The van der Waals surface area contributed by atoms with Crippen LogP contribution in [0.1, 0.15) is 20.8 Å². The number of benzene rings is 2. The minimum atomic E-state index is -0.449. The molecule has 4 aromatic rings. The zero-order chi connectivity index (χ0) is 24.2. The van der Waals surface area contributed by atoms with Crippen LogP contribution in [0.15, 0.2) is 60.8 Å². The fourth-order valence-corrected chi connectivity index (χ4v) is 5.21. The Morgan fingerprint density at radius 2 is 1.79 bits per heavy atom. The molecule has 0 unspecified atom stereocenters. The van der Waals surface area contributed by atoms with Crippen molar-refractivity contribution in [3.05, 3.63) is 86.8 Å². The molecule has 0 aliphatic rings. The summed E-state index contributed by atoms with van der Waals surface area (Å²) in [5, 5.41) is 12.5. The Morgan fingerprint density at radius 3 is 2.50 bits per heavy atom. The van der Waals surface area contributed by atoms with Crippen LogP contribution in [-0.2, 0) is 11.3 Å². The van der Waals surface area contributed by atoms with E-state index < -0.39 is 5.97 Å². The van der Waals surface area contributed by atoms with Crippen LogP contribution in [-0.4, -0.2) is 28.0 Å². The van der Waals surface area contributed by atoms with E-state index in [9.17, 15) is 4.79 Å². The second-order valence-electron chi connectivity index (χ2n) is 7.29. The summed E-state index contributed by atoms with van der Waals surface area (Å²) >= 11 is 19.5. The largest absolute Gasteiger partial charge is 0.465 e. The van der Waals surface area contributed by atoms with Gasteiger partial charge >= 0.3 is 5.97 Å². The highest BCUT2D eigenvalue weighted by Gasteiger charge is 2.24. The van der Waals surface area contributed by atoms with Gasteiger partial charge < -0.3 is 15.4 Å². The standard InChI is InChI=1S/C24H20Cl2N4O2S2/c1-14-19(15-8-4-3-5-9-15)20(23(31)32-2)22(34-14)28-24(33)27-21-18(26)13-30(29-21)12-16-10-6-7-11-17(16)25/h3-11,13H,12H2,1-2H3,(H2,27,28,29,33). The molecular formula is C24H20Cl2N4O2S2. The molecule has 2 heterocycles. The lowest BCUT2D eigenvalue weighted by Crippen LogP contribution is -2.20. The summed E-state index contributed by atoms with van der Waals surface area (Å²) in [6, 6.07) is 17.2. The van der Waals surface area contributed by atoms with Crippen molar-refractivity contribution >= 4 is 68.7 Å². The zero-order valence-electron chi connectivity index (χ0n) is 18.3. The minimum Gasteiger partial charge on any atom is -0.465 e. The molecule has 2 aromatic heterocycles. The molecule has 2 N–H and O–H groups in total. The maximum atomic E-state index is 12.7. The van der Waals surface area contributed by atoms with E-state index >= 15 is 0 Å². The van der Waals surface area contributed by atoms with Gasteiger partial charge in [0.2, 0.25) is 0 Å². The molecule has 0 radical (unpaired) electrons. The van der Waals surface area contributed by atoms with Gasteiger partial charge in [-0.25, -0.2) is 4.79 Å². The highest BCUT2D eigenvalue weighted by molar-refractivity contribution is 7.80. The summed E-state index contributed by atoms with van der Waals surface area (Å²) in [5.74, 6) is -0.0575. The molecule has 2 aromatic carbocycles. The third-order valence-electron chi connectivity index (χ3n) is 5.00. The van der Waals surface area contributed by atoms with E-state index in [1.54, 1.807) is 10.9 Å². The second kappa shape index (κ2) is 10.6. The molecule has 0 amide bonds. The Kier molecular flexibility index (Phi) is 7.53. The molecule has 0 aliphatic carbocycles. The molecule has 4 rings (SSSR count). The number of rotatable bonds is 6. The van der Waals surface area contributed by atoms with E-state index in [0.717, 1.165) is 21.6 Å². The van der Waals surface area contributed by atoms with Crippen molar-refractivity contribution < 1.29 is 9.53 Å². The van der Waals surface area contributed by atoms with Crippen molar-refractivity contribution in [2.75, 3.05) is 17.7 Å². The first-order chi connectivity index (χ1) is 16.4. The molecule has 34 heavy (non-hydrogen) atoms. The van der Waals surface area contributed by atoms with E-state index in [1.807, 2.05) is 61.5 Å². The molecule has 0 fully saturated rings. The van der Waals surface area contributed by atoms with Crippen molar-refractivity contribution in [3.63, 3.8) is 0 Å². The Bertz CT molecular complexity index is 1350. The second-order valence-corrected chi connectivity index (χ2v) is 9.74. The van der Waals surface area contributed by atoms with Crippen LogP contribution in [0.2, 0.25) is 10.0 Å². The van der Waals surface area contributed by atoms with Crippen LogP contribution >= 0.6 is 46.8 Å². The van der Waals surface area contributed by atoms with Crippen LogP contribution < -0.4 is 10.6 Å². The topological polar surface area (TPSA) is 68.2 Å². The summed E-state index contributed by atoms with van der Waals surface area (Å²) in [4.78, 5) is 13.6. The van der Waals surface area contributed by atoms with Crippen molar-refractivity contribution in [2.24, 2.45) is 0 Å². The Morgan fingerprint density at radius 1 is 1.09 bits per heavy atom. The van der Waals surface area contributed by atoms with Crippen molar-refractivity contribution in [3.8, 4) is 11.1 Å². The summed E-state index contributed by atoms with van der Waals surface area (Å²) in [5.41, 5.74) is 3.08. The lowest BCUT2D eigenvalue weighted by atomic mass is 10.0. The van der Waals surface area contributed by atoms with E-state index in [-0.39, 0.29) is 5.11 Å². The molecule has 6 nitrogen and oxygen atoms in total. The number of nitrogens with zero attached hydrogens (tertiary/aromatic N) is 2. The number of hydrogen-bond donors (Lipinski definition) is 2. The van der Waals surface area contributed by atoms with Crippen molar-refractivity contribution in [2.45, 2.75) is 13.5 Å². The molecule has 0 bridgehead atoms. The van der Waals surface area contributed by atoms with Crippen LogP contribution in [0, 0.1) is 6.92 Å². The number of anilines is 2. The molecule has 10 heteroatoms. The van der Waals surface area contributed by atoms with Gasteiger partial charge in [0, 0.05) is 21.7 Å². The molecule has 0 atom stereocenters. The number of ether oxygens (including phenoxy) is 1. The van der Waals surface area contributed by atoms with Crippen molar-refractivity contribution in [1.29, 1.82) is 0 Å². The maximum Gasteiger partial charge on any atom is 0.341 e. The Balaban J connectivity index is 1.55. The molecule has 0 spiro atoms. The van der Waals surface area contributed by atoms with Gasteiger partial charge in [-0.15, -0.1) is 11.3 Å². The minimum absolute atomic E-state index is 0.246. The number of carbonyl (C=O) groups is 1. The van der Waals surface area contributed by atoms with Crippen LogP contribution in [0.3, 0.4) is 0 Å². The van der Waals surface area contributed by atoms with Crippen LogP contribution in [0.25, 0.3) is 11.1 Å². The third-order valence-corrected chi connectivity index (χ3v) is 6.87. The fourth-order valence-electron chi connectivity index (χ4n) is 3.49. The lowest BCUT2D eigenvalue weighted by molar-refractivity contribution is 0.0603. The number of thiophene rings is 1. The monoisotopic (exact) mass is 530 g/mol. The number of halogens is 2. The average Bonchev–Trinajstić information content (AvgIpc) is 3.33. The van der Waals surface area contributed by atoms with Crippen LogP contribution in [0.5, 0.6) is 0 Å². The number of esters is 1. The van der Waals surface area contributed by atoms with Gasteiger partial charge in [0.1, 0.15) is 15.6 Å². The molecular weight excluding hydrogens is 511 g/mol. The van der Waals surface area contributed by atoms with Crippen molar-refractivity contribution in [1.82, 2.24) is 9.78 Å². The zero-order valence-corrected chi connectivity index (χ0v) is 21.4. The van der Waals surface area contributed by atoms with Gasteiger partial charge in [0.25, 0.3) is 0 Å². The summed E-state index contributed by atoms with van der Waals surface area (Å²) in [6.45, 7) is 2.41. The number of methoxy groups -OCH3 is 1. The first kappa shape index (κ1) is 24.2. The summed E-state index contributed by atoms with van der Waals surface area (Å²) < 4.78 is 6.74. The van der Waals surface area contributed by atoms with Gasteiger partial charge in [-0.3, -0.25) is 4.68 Å². The van der Waals surface area contributed by atoms with Gasteiger partial charge in [-0.2, -0.15) is 5.10 Å². The summed E-state index contributed by atoms with van der Waals surface area (Å²) in [6.07, 6.45) is 1.69. The predicted molar refractivity (Wildman–Crippen MR) is 143 cm³/mol. The van der Waals surface area contributed by atoms with Gasteiger partial charge in [-0.1, -0.05) is 71.7 Å². The first-order valence-corrected chi connectivity index (χ1v) is 12.2. The van der Waals surface area contributed by atoms with Gasteiger partial charge in [-0.05, 0) is 36.3 Å². The summed E-state index contributed by atoms with van der Waals surface area (Å²) in [7, 11) is 1.36. The number of carbonyl (C=O) groups excluding carboxylic acids is 1. The first-order valence-electron chi connectivity index (χ1n) is 10.2. The number of nitrogens with one attached hydrogen (secondary N) is 2. The average molecular weight is 531 g/mol. The Hall–Kier alpha value is -2.91. The number of thiocarbonyl (C=S) groups is 1. The molecule has 0 saturated carbocycles. The SMILES string of the molecule is COC(=O)c1c(NC(=S)Nc2nn(Cc3ccccc3Cl)cc2Cl)sc(C)c1-c1ccccc1. The van der Waals surface area contributed by atoms with Gasteiger partial charge in [0.05, 0.1) is 13.7 Å². The normalized spacial score (nSPS) is 10.7. The van der Waals surface area contributed by atoms with Crippen LogP contribution in [0.4, 0.5) is 10.8 Å². The lowest BCUT2D eigenvalue weighted by Gasteiger charge is -2.10. The highest BCUT2D eigenvalue weighted by atomic mass is 35.5. The molecule has 0 aliphatic heterocycles. The highest BCUT2D eigenvalue weighted by Crippen LogP contribution is 2.40. The number of aryl methyl sites for hydroxylation is 1. The van der Waals surface area contributed by atoms with E-state index in [2.05, 4.69) is 15.7 Å². The smallest absolute Gasteiger partial charge is 0.341 e. The van der Waals surface area contributed by atoms with E-state index in [4.69, 9.17) is 40.2 Å². The Labute approximate surface area is 216 Å².